The molecule has 6 nitrogen and oxygen atoms in total. The van der Waals surface area contributed by atoms with Crippen LogP contribution in [0.5, 0.6) is 5.88 Å². The Hall–Kier alpha value is -2.32. The molecule has 1 aliphatic rings. The van der Waals surface area contributed by atoms with E-state index in [9.17, 15) is 18.0 Å². The van der Waals surface area contributed by atoms with Crippen molar-refractivity contribution in [3.8, 4) is 5.88 Å². The standard InChI is InChI=1S/C13H12F3N3O3/c1-19-12-10(11(18-19)6-2-3-6)7(13(14,15)16)4-8(17-12)22-5-9(20)21/h4,6H,2-3,5H2,1H3,(H,20,21). The highest BCUT2D eigenvalue weighted by Crippen LogP contribution is 2.46. The summed E-state index contributed by atoms with van der Waals surface area (Å²) in [7, 11) is 1.50. The van der Waals surface area contributed by atoms with Gasteiger partial charge in [-0.1, -0.05) is 0 Å². The van der Waals surface area contributed by atoms with Crippen LogP contribution in [0.1, 0.15) is 30.0 Å². The lowest BCUT2D eigenvalue weighted by Crippen LogP contribution is -2.12. The van der Waals surface area contributed by atoms with Crippen molar-refractivity contribution in [2.45, 2.75) is 24.9 Å². The summed E-state index contributed by atoms with van der Waals surface area (Å²) in [4.78, 5) is 14.5. The average Bonchev–Trinajstić information content (AvgIpc) is 3.20. The number of fused-ring (bicyclic) bond motifs is 1. The van der Waals surface area contributed by atoms with Crippen LogP contribution in [0.3, 0.4) is 0 Å². The van der Waals surface area contributed by atoms with E-state index in [2.05, 4.69) is 10.1 Å². The number of hydrogen-bond acceptors (Lipinski definition) is 4. The van der Waals surface area contributed by atoms with Gasteiger partial charge in [0.2, 0.25) is 5.88 Å². The highest BCUT2D eigenvalue weighted by Gasteiger charge is 2.39. The first-order valence-corrected chi connectivity index (χ1v) is 6.57. The molecule has 0 amide bonds. The minimum Gasteiger partial charge on any atom is -0.479 e. The molecular formula is C13H12F3N3O3. The number of hydrogen-bond donors (Lipinski definition) is 1. The van der Waals surface area contributed by atoms with E-state index in [4.69, 9.17) is 9.84 Å². The quantitative estimate of drug-likeness (QED) is 0.937. The average molecular weight is 315 g/mol. The maximum absolute atomic E-state index is 13.3. The summed E-state index contributed by atoms with van der Waals surface area (Å²) in [6, 6.07) is 0.735. The van der Waals surface area contributed by atoms with Crippen molar-refractivity contribution in [3.63, 3.8) is 0 Å². The van der Waals surface area contributed by atoms with Crippen molar-refractivity contribution in [1.82, 2.24) is 14.8 Å². The molecule has 118 valence electrons. The van der Waals surface area contributed by atoms with E-state index in [1.807, 2.05) is 0 Å². The van der Waals surface area contributed by atoms with Crippen LogP contribution in [-0.4, -0.2) is 32.4 Å². The number of rotatable bonds is 4. The fourth-order valence-electron chi connectivity index (χ4n) is 2.33. The number of aromatic nitrogens is 3. The molecule has 1 aliphatic carbocycles. The maximum Gasteiger partial charge on any atom is 0.417 e. The van der Waals surface area contributed by atoms with Gasteiger partial charge in [0.05, 0.1) is 16.6 Å². The molecule has 1 saturated carbocycles. The van der Waals surface area contributed by atoms with Gasteiger partial charge in [-0.3, -0.25) is 4.68 Å². The van der Waals surface area contributed by atoms with E-state index < -0.39 is 24.3 Å². The Morgan fingerprint density at radius 2 is 2.18 bits per heavy atom. The second-order valence-corrected chi connectivity index (χ2v) is 5.17. The molecule has 0 bridgehead atoms. The number of alkyl halides is 3. The monoisotopic (exact) mass is 315 g/mol. The summed E-state index contributed by atoms with van der Waals surface area (Å²) in [5.41, 5.74) is -0.466. The van der Waals surface area contributed by atoms with Crippen molar-refractivity contribution in [1.29, 1.82) is 0 Å². The van der Waals surface area contributed by atoms with Gasteiger partial charge in [0, 0.05) is 19.0 Å². The van der Waals surface area contributed by atoms with E-state index in [-0.39, 0.29) is 22.8 Å². The van der Waals surface area contributed by atoms with E-state index in [1.54, 1.807) is 0 Å². The number of carboxylic acids is 1. The fourth-order valence-corrected chi connectivity index (χ4v) is 2.33. The molecule has 1 N–H and O–H groups in total. The lowest BCUT2D eigenvalue weighted by atomic mass is 10.1. The van der Waals surface area contributed by atoms with Gasteiger partial charge in [-0.15, -0.1) is 0 Å². The molecule has 2 aromatic heterocycles. The van der Waals surface area contributed by atoms with Crippen LogP contribution in [0.2, 0.25) is 0 Å². The predicted molar refractivity (Wildman–Crippen MR) is 68.6 cm³/mol. The number of aryl methyl sites for hydroxylation is 1. The molecule has 0 saturated heterocycles. The molecule has 2 aromatic rings. The molecule has 0 aliphatic heterocycles. The number of carbonyl (C=O) groups is 1. The summed E-state index contributed by atoms with van der Waals surface area (Å²) in [5.74, 6) is -1.65. The Kier molecular flexibility index (Phi) is 3.22. The van der Waals surface area contributed by atoms with Crippen LogP contribution < -0.4 is 4.74 Å². The molecule has 1 fully saturated rings. The van der Waals surface area contributed by atoms with Gasteiger partial charge in [-0.2, -0.15) is 23.3 Å². The third-order valence-corrected chi connectivity index (χ3v) is 3.41. The van der Waals surface area contributed by atoms with Gasteiger partial charge >= 0.3 is 12.1 Å². The molecule has 2 heterocycles. The summed E-state index contributed by atoms with van der Waals surface area (Å²) >= 11 is 0. The molecule has 22 heavy (non-hydrogen) atoms. The molecule has 0 atom stereocenters. The van der Waals surface area contributed by atoms with Crippen molar-refractivity contribution in [2.75, 3.05) is 6.61 Å². The third kappa shape index (κ3) is 2.58. The van der Waals surface area contributed by atoms with Crippen LogP contribution in [0.4, 0.5) is 13.2 Å². The number of halogens is 3. The Bertz CT molecular complexity index is 750. The van der Waals surface area contributed by atoms with Crippen LogP contribution in [0, 0.1) is 0 Å². The normalized spacial score (nSPS) is 15.3. The Labute approximate surface area is 122 Å². The number of pyridine rings is 1. The SMILES string of the molecule is Cn1nc(C2CC2)c2c(C(F)(F)F)cc(OCC(=O)O)nc21. The Morgan fingerprint density at radius 1 is 1.50 bits per heavy atom. The predicted octanol–water partition coefficient (Wildman–Crippen LogP) is 2.33. The summed E-state index contributed by atoms with van der Waals surface area (Å²) in [6.07, 6.45) is -2.99. The van der Waals surface area contributed by atoms with Crippen LogP contribution in [-0.2, 0) is 18.0 Å². The Morgan fingerprint density at radius 3 is 2.73 bits per heavy atom. The highest BCUT2D eigenvalue weighted by molar-refractivity contribution is 5.84. The number of carboxylic acid groups (broad SMARTS) is 1. The smallest absolute Gasteiger partial charge is 0.417 e. The second-order valence-electron chi connectivity index (χ2n) is 5.17. The van der Waals surface area contributed by atoms with Gasteiger partial charge in [0.25, 0.3) is 0 Å². The first kappa shape index (κ1) is 14.6. The van der Waals surface area contributed by atoms with Crippen molar-refractivity contribution in [3.05, 3.63) is 17.3 Å². The first-order chi connectivity index (χ1) is 10.3. The summed E-state index contributed by atoms with van der Waals surface area (Å²) in [5, 5.41) is 12.7. The second kappa shape index (κ2) is 4.85. The van der Waals surface area contributed by atoms with E-state index in [0.717, 1.165) is 18.9 Å². The number of nitrogens with zero attached hydrogens (tertiary/aromatic N) is 3. The van der Waals surface area contributed by atoms with Crippen molar-refractivity contribution < 1.29 is 27.8 Å². The summed E-state index contributed by atoms with van der Waals surface area (Å²) < 4.78 is 46.1. The van der Waals surface area contributed by atoms with Crippen LogP contribution >= 0.6 is 0 Å². The molecule has 0 unspecified atom stereocenters. The topological polar surface area (TPSA) is 77.2 Å². The van der Waals surface area contributed by atoms with Crippen LogP contribution in [0.15, 0.2) is 6.07 Å². The molecule has 3 rings (SSSR count). The zero-order valence-electron chi connectivity index (χ0n) is 11.5. The van der Waals surface area contributed by atoms with Gasteiger partial charge in [0.1, 0.15) is 0 Å². The third-order valence-electron chi connectivity index (χ3n) is 3.41. The van der Waals surface area contributed by atoms with Crippen LogP contribution in [0.25, 0.3) is 11.0 Å². The molecule has 0 radical (unpaired) electrons. The zero-order chi connectivity index (χ0) is 16.1. The van der Waals surface area contributed by atoms with Gasteiger partial charge < -0.3 is 9.84 Å². The van der Waals surface area contributed by atoms with E-state index >= 15 is 0 Å². The molecular weight excluding hydrogens is 303 g/mol. The van der Waals surface area contributed by atoms with E-state index in [1.165, 1.54) is 11.7 Å². The minimum atomic E-state index is -4.60. The lowest BCUT2D eigenvalue weighted by molar-refractivity contribution is -0.139. The molecule has 0 spiro atoms. The van der Waals surface area contributed by atoms with Gasteiger partial charge in [0.15, 0.2) is 12.3 Å². The largest absolute Gasteiger partial charge is 0.479 e. The van der Waals surface area contributed by atoms with Crippen molar-refractivity contribution >= 4 is 17.0 Å². The minimum absolute atomic E-state index is 0.0254. The van der Waals surface area contributed by atoms with Crippen molar-refractivity contribution in [2.24, 2.45) is 7.05 Å². The molecule has 9 heteroatoms. The van der Waals surface area contributed by atoms with Gasteiger partial charge in [-0.25, -0.2) is 4.79 Å². The number of ether oxygens (including phenoxy) is 1. The maximum atomic E-state index is 13.3. The highest BCUT2D eigenvalue weighted by atomic mass is 19.4. The summed E-state index contributed by atoms with van der Waals surface area (Å²) in [6.45, 7) is -0.761. The fraction of sp³-hybridized carbons (Fsp3) is 0.462. The first-order valence-electron chi connectivity index (χ1n) is 6.57. The molecule has 0 aromatic carbocycles. The lowest BCUT2D eigenvalue weighted by Gasteiger charge is -2.11. The van der Waals surface area contributed by atoms with E-state index in [0.29, 0.717) is 5.69 Å². The zero-order valence-corrected chi connectivity index (χ0v) is 11.5. The number of aliphatic carboxylic acids is 1. The Balaban J connectivity index is 2.18. The van der Waals surface area contributed by atoms with Gasteiger partial charge in [-0.05, 0) is 12.8 Å².